The van der Waals surface area contributed by atoms with Gasteiger partial charge in [0.05, 0.1) is 11.5 Å². The molecule has 0 aromatic heterocycles. The van der Waals surface area contributed by atoms with Crippen LogP contribution < -0.4 is 5.32 Å². The fourth-order valence-corrected chi connectivity index (χ4v) is 3.47. The van der Waals surface area contributed by atoms with Crippen molar-refractivity contribution in [3.63, 3.8) is 0 Å². The molecule has 5 nitrogen and oxygen atoms in total. The Morgan fingerprint density at radius 1 is 1.35 bits per heavy atom. The van der Waals surface area contributed by atoms with Crippen LogP contribution in [0.5, 0.6) is 0 Å². The number of aliphatic hydroxyl groups excluding tert-OH is 1. The van der Waals surface area contributed by atoms with E-state index >= 15 is 0 Å². The van der Waals surface area contributed by atoms with Crippen LogP contribution in [0.3, 0.4) is 0 Å². The maximum atomic E-state index is 12.4. The first-order valence-corrected chi connectivity index (χ1v) is 8.10. The highest BCUT2D eigenvalue weighted by molar-refractivity contribution is 5.93. The topological polar surface area (TPSA) is 69.6 Å². The van der Waals surface area contributed by atoms with Gasteiger partial charge in [-0.25, -0.2) is 0 Å². The van der Waals surface area contributed by atoms with Crippen molar-refractivity contribution in [2.75, 3.05) is 19.6 Å². The van der Waals surface area contributed by atoms with Crippen molar-refractivity contribution < 1.29 is 14.7 Å². The van der Waals surface area contributed by atoms with E-state index in [0.717, 1.165) is 12.0 Å². The number of amides is 2. The summed E-state index contributed by atoms with van der Waals surface area (Å²) in [5.74, 6) is -0.237. The van der Waals surface area contributed by atoms with Gasteiger partial charge in [0.15, 0.2) is 0 Å². The van der Waals surface area contributed by atoms with E-state index in [1.807, 2.05) is 30.3 Å². The van der Waals surface area contributed by atoms with Crippen molar-refractivity contribution in [2.45, 2.75) is 25.4 Å². The molecule has 0 radical (unpaired) electrons. The number of aliphatic hydroxyl groups is 1. The van der Waals surface area contributed by atoms with Crippen LogP contribution >= 0.6 is 0 Å². The second-order valence-electron chi connectivity index (χ2n) is 6.32. The number of rotatable bonds is 2. The van der Waals surface area contributed by atoms with E-state index in [2.05, 4.69) is 5.32 Å². The van der Waals surface area contributed by atoms with Gasteiger partial charge in [0.25, 0.3) is 0 Å². The predicted molar refractivity (Wildman–Crippen MR) is 87.4 cm³/mol. The average molecular weight is 314 g/mol. The fraction of sp³-hybridized carbons (Fsp3) is 0.444. The smallest absolute Gasteiger partial charge is 0.246 e. The third kappa shape index (κ3) is 3.15. The first-order chi connectivity index (χ1) is 11.1. The van der Waals surface area contributed by atoms with Crippen LogP contribution in [0, 0.1) is 5.41 Å². The lowest BCUT2D eigenvalue weighted by Crippen LogP contribution is -2.62. The summed E-state index contributed by atoms with van der Waals surface area (Å²) >= 11 is 0. The summed E-state index contributed by atoms with van der Waals surface area (Å²) in [7, 11) is 0. The van der Waals surface area contributed by atoms with Crippen LogP contribution in [-0.4, -0.2) is 47.6 Å². The first-order valence-electron chi connectivity index (χ1n) is 8.10. The molecule has 2 aliphatic rings. The number of benzene rings is 1. The molecule has 1 spiro atoms. The molecule has 2 N–H and O–H groups in total. The monoisotopic (exact) mass is 314 g/mol. The van der Waals surface area contributed by atoms with E-state index in [-0.39, 0.29) is 18.4 Å². The van der Waals surface area contributed by atoms with Gasteiger partial charge in [-0.15, -0.1) is 0 Å². The first kappa shape index (κ1) is 15.7. The Hall–Kier alpha value is -2.14. The third-order valence-electron chi connectivity index (χ3n) is 4.85. The van der Waals surface area contributed by atoms with Crippen LogP contribution in [0.1, 0.15) is 24.8 Å². The number of hydrogen-bond acceptors (Lipinski definition) is 3. The zero-order valence-corrected chi connectivity index (χ0v) is 13.1. The van der Waals surface area contributed by atoms with E-state index in [1.54, 1.807) is 17.1 Å². The van der Waals surface area contributed by atoms with Gasteiger partial charge < -0.3 is 15.3 Å². The van der Waals surface area contributed by atoms with Crippen molar-refractivity contribution in [3.05, 3.63) is 42.0 Å². The number of piperidine rings is 2. The Labute approximate surface area is 136 Å². The van der Waals surface area contributed by atoms with Crippen molar-refractivity contribution in [3.8, 4) is 0 Å². The number of nitrogens with one attached hydrogen (secondary N) is 1. The van der Waals surface area contributed by atoms with E-state index < -0.39 is 11.5 Å². The molecule has 2 heterocycles. The molecular formula is C18H22N2O3. The van der Waals surface area contributed by atoms with E-state index in [0.29, 0.717) is 25.9 Å². The van der Waals surface area contributed by atoms with Crippen LogP contribution in [-0.2, 0) is 9.59 Å². The quantitative estimate of drug-likeness (QED) is 0.806. The normalized spacial score (nSPS) is 28.1. The molecule has 0 saturated carbocycles. The largest absolute Gasteiger partial charge is 0.392 e. The summed E-state index contributed by atoms with van der Waals surface area (Å²) < 4.78 is 0. The molecule has 2 amide bonds. The Kier molecular flexibility index (Phi) is 4.48. The second kappa shape index (κ2) is 6.54. The second-order valence-corrected chi connectivity index (χ2v) is 6.32. The third-order valence-corrected chi connectivity index (χ3v) is 4.85. The van der Waals surface area contributed by atoms with Crippen LogP contribution in [0.25, 0.3) is 6.08 Å². The summed E-state index contributed by atoms with van der Waals surface area (Å²) in [5, 5.41) is 13.2. The maximum Gasteiger partial charge on any atom is 0.246 e. The van der Waals surface area contributed by atoms with Crippen molar-refractivity contribution in [1.82, 2.24) is 10.2 Å². The van der Waals surface area contributed by atoms with Gasteiger partial charge in [0.2, 0.25) is 11.8 Å². The summed E-state index contributed by atoms with van der Waals surface area (Å²) in [6, 6.07) is 9.63. The minimum absolute atomic E-state index is 0.112. The van der Waals surface area contributed by atoms with Crippen molar-refractivity contribution >= 4 is 17.9 Å². The van der Waals surface area contributed by atoms with Gasteiger partial charge in [-0.05, 0) is 30.9 Å². The van der Waals surface area contributed by atoms with Crippen LogP contribution in [0.15, 0.2) is 36.4 Å². The number of nitrogens with zero attached hydrogens (tertiary/aromatic N) is 1. The fourth-order valence-electron chi connectivity index (χ4n) is 3.47. The SMILES string of the molecule is O=C(C=Cc1ccccc1)N1CC[C@@H](O)[C@@]2(CCCNC2=O)C1. The lowest BCUT2D eigenvalue weighted by Gasteiger charge is -2.46. The molecule has 0 bridgehead atoms. The summed E-state index contributed by atoms with van der Waals surface area (Å²) in [6.07, 6.45) is 4.56. The van der Waals surface area contributed by atoms with Gasteiger partial charge in [0, 0.05) is 25.7 Å². The molecule has 0 unspecified atom stereocenters. The molecule has 2 fully saturated rings. The highest BCUT2D eigenvalue weighted by atomic mass is 16.3. The Balaban J connectivity index is 1.72. The minimum Gasteiger partial charge on any atom is -0.392 e. The summed E-state index contributed by atoms with van der Waals surface area (Å²) in [5.41, 5.74) is 0.121. The van der Waals surface area contributed by atoms with E-state index in [1.165, 1.54) is 0 Å². The van der Waals surface area contributed by atoms with Crippen LogP contribution in [0.4, 0.5) is 0 Å². The van der Waals surface area contributed by atoms with Gasteiger partial charge >= 0.3 is 0 Å². The highest BCUT2D eigenvalue weighted by Gasteiger charge is 2.50. The van der Waals surface area contributed by atoms with Crippen molar-refractivity contribution in [2.24, 2.45) is 5.41 Å². The average Bonchev–Trinajstić information content (AvgIpc) is 2.58. The Morgan fingerprint density at radius 3 is 2.87 bits per heavy atom. The minimum atomic E-state index is -0.841. The molecule has 2 atom stereocenters. The molecular weight excluding hydrogens is 292 g/mol. The zero-order chi connectivity index (χ0) is 16.3. The predicted octanol–water partition coefficient (Wildman–Crippen LogP) is 1.19. The Morgan fingerprint density at radius 2 is 2.13 bits per heavy atom. The maximum absolute atomic E-state index is 12.4. The van der Waals surface area contributed by atoms with E-state index in [4.69, 9.17) is 0 Å². The van der Waals surface area contributed by atoms with Gasteiger partial charge in [-0.3, -0.25) is 9.59 Å². The number of carbonyl (C=O) groups is 2. The van der Waals surface area contributed by atoms with Gasteiger partial charge in [-0.2, -0.15) is 0 Å². The van der Waals surface area contributed by atoms with Crippen molar-refractivity contribution in [1.29, 1.82) is 0 Å². The molecule has 3 rings (SSSR count). The number of carbonyl (C=O) groups excluding carboxylic acids is 2. The van der Waals surface area contributed by atoms with Gasteiger partial charge in [0.1, 0.15) is 0 Å². The molecule has 1 aromatic carbocycles. The van der Waals surface area contributed by atoms with Crippen LogP contribution in [0.2, 0.25) is 0 Å². The molecule has 2 aliphatic heterocycles. The molecule has 122 valence electrons. The summed E-state index contributed by atoms with van der Waals surface area (Å²) in [6.45, 7) is 1.42. The van der Waals surface area contributed by atoms with E-state index in [9.17, 15) is 14.7 Å². The van der Waals surface area contributed by atoms with Gasteiger partial charge in [-0.1, -0.05) is 30.3 Å². The Bertz CT molecular complexity index is 614. The lowest BCUT2D eigenvalue weighted by atomic mass is 9.71. The number of likely N-dealkylation sites (tertiary alicyclic amines) is 1. The standard InChI is InChI=1S/C18H22N2O3/c21-15-9-12-20(13-18(15)10-4-11-19-17(18)23)16(22)8-7-14-5-2-1-3-6-14/h1-3,5-8,15,21H,4,9-13H2,(H,19,23)/t15-,18-/m1/s1. The summed E-state index contributed by atoms with van der Waals surface area (Å²) in [4.78, 5) is 26.4. The zero-order valence-electron chi connectivity index (χ0n) is 13.1. The molecule has 2 saturated heterocycles. The number of hydrogen-bond donors (Lipinski definition) is 2. The molecule has 0 aliphatic carbocycles. The molecule has 1 aromatic rings. The molecule has 23 heavy (non-hydrogen) atoms. The lowest BCUT2D eigenvalue weighted by molar-refractivity contribution is -0.153. The molecule has 5 heteroatoms. The highest BCUT2D eigenvalue weighted by Crippen LogP contribution is 2.37.